The predicted molar refractivity (Wildman–Crippen MR) is 80.7 cm³/mol. The molecule has 0 bridgehead atoms. The summed E-state index contributed by atoms with van der Waals surface area (Å²) >= 11 is 0. The molecule has 0 radical (unpaired) electrons. The fraction of sp³-hybridized carbons (Fsp3) is 0.714. The van der Waals surface area contributed by atoms with Crippen LogP contribution in [0.4, 0.5) is 17.5 Å². The van der Waals surface area contributed by atoms with E-state index in [9.17, 15) is 5.11 Å². The first-order valence-corrected chi connectivity index (χ1v) is 7.71. The number of aromatic nitrogens is 2. The average Bonchev–Trinajstić information content (AvgIpc) is 3.13. The first kappa shape index (κ1) is 13.8. The maximum atomic E-state index is 10.2. The summed E-state index contributed by atoms with van der Waals surface area (Å²) in [6, 6.07) is 0. The van der Waals surface area contributed by atoms with Gasteiger partial charge in [0.15, 0.2) is 11.5 Å². The Morgan fingerprint density at radius 2 is 1.95 bits per heavy atom. The Hall–Kier alpha value is -1.80. The van der Waals surface area contributed by atoms with Gasteiger partial charge in [0.1, 0.15) is 6.54 Å². The fourth-order valence-electron chi connectivity index (χ4n) is 3.11. The molecule has 22 heavy (non-hydrogen) atoms. The van der Waals surface area contributed by atoms with Crippen LogP contribution in [-0.2, 0) is 11.3 Å². The van der Waals surface area contributed by atoms with Gasteiger partial charge in [0.25, 0.3) is 0 Å². The number of rotatable bonds is 2. The van der Waals surface area contributed by atoms with E-state index < -0.39 is 5.60 Å². The van der Waals surface area contributed by atoms with Crippen molar-refractivity contribution in [3.63, 3.8) is 0 Å². The molecule has 1 aromatic heterocycles. The summed E-state index contributed by atoms with van der Waals surface area (Å²) in [6.07, 6.45) is 0.732. The third-order valence-corrected chi connectivity index (χ3v) is 4.36. The van der Waals surface area contributed by atoms with Crippen molar-refractivity contribution in [2.75, 3.05) is 49.2 Å². The number of fused-ring (bicyclic) bond motifs is 1. The maximum Gasteiger partial charge on any atom is 0.227 e. The van der Waals surface area contributed by atoms with Crippen molar-refractivity contribution in [2.24, 2.45) is 10.2 Å². The summed E-state index contributed by atoms with van der Waals surface area (Å²) < 4.78 is 5.39. The van der Waals surface area contributed by atoms with E-state index >= 15 is 0 Å². The fourth-order valence-corrected chi connectivity index (χ4v) is 3.11. The van der Waals surface area contributed by atoms with E-state index in [2.05, 4.69) is 25.0 Å². The second-order valence-corrected chi connectivity index (χ2v) is 6.31. The summed E-state index contributed by atoms with van der Waals surface area (Å²) in [7, 11) is 0. The lowest BCUT2D eigenvalue weighted by atomic mass is 10.1. The Balaban J connectivity index is 1.70. The summed E-state index contributed by atoms with van der Waals surface area (Å²) in [6.45, 7) is 6.69. The van der Waals surface area contributed by atoms with Gasteiger partial charge < -0.3 is 19.6 Å². The third-order valence-electron chi connectivity index (χ3n) is 4.36. The SMILES string of the molecule is C[C@]1(O)CCN(c2nc(N3CCOCC3)nc3c2N=NC3)C1. The van der Waals surface area contributed by atoms with Crippen LogP contribution in [0.15, 0.2) is 10.2 Å². The molecule has 0 aliphatic carbocycles. The lowest BCUT2D eigenvalue weighted by Gasteiger charge is -2.28. The number of nitrogens with zero attached hydrogens (tertiary/aromatic N) is 6. The topological polar surface area (TPSA) is 86.4 Å². The molecule has 1 atom stereocenters. The predicted octanol–water partition coefficient (Wildman–Crippen LogP) is 0.872. The van der Waals surface area contributed by atoms with Crippen LogP contribution in [0.2, 0.25) is 0 Å². The Labute approximate surface area is 128 Å². The quantitative estimate of drug-likeness (QED) is 0.872. The van der Waals surface area contributed by atoms with Crippen LogP contribution in [-0.4, -0.2) is 60.1 Å². The van der Waals surface area contributed by atoms with Crippen molar-refractivity contribution in [1.82, 2.24) is 9.97 Å². The van der Waals surface area contributed by atoms with Crippen LogP contribution in [0.1, 0.15) is 19.0 Å². The largest absolute Gasteiger partial charge is 0.388 e. The van der Waals surface area contributed by atoms with E-state index in [0.717, 1.165) is 49.2 Å². The highest BCUT2D eigenvalue weighted by atomic mass is 16.5. The summed E-state index contributed by atoms with van der Waals surface area (Å²) in [5, 5.41) is 18.5. The number of anilines is 2. The number of aliphatic hydroxyl groups is 1. The highest BCUT2D eigenvalue weighted by Crippen LogP contribution is 2.38. The van der Waals surface area contributed by atoms with Gasteiger partial charge in [-0.25, -0.2) is 4.98 Å². The summed E-state index contributed by atoms with van der Waals surface area (Å²) in [5.41, 5.74) is 0.958. The van der Waals surface area contributed by atoms with E-state index in [0.29, 0.717) is 26.3 Å². The van der Waals surface area contributed by atoms with Crippen LogP contribution in [0, 0.1) is 0 Å². The number of β-amino-alcohol motifs (C(OH)–C–C–N with tert-alkyl or cyclic N) is 1. The van der Waals surface area contributed by atoms with E-state index in [1.54, 1.807) is 0 Å². The molecule has 4 rings (SSSR count). The van der Waals surface area contributed by atoms with Crippen molar-refractivity contribution in [2.45, 2.75) is 25.5 Å². The zero-order chi connectivity index (χ0) is 15.2. The third kappa shape index (κ3) is 2.42. The van der Waals surface area contributed by atoms with Gasteiger partial charge in [-0.15, -0.1) is 5.11 Å². The van der Waals surface area contributed by atoms with Crippen molar-refractivity contribution in [3.05, 3.63) is 5.69 Å². The van der Waals surface area contributed by atoms with Crippen LogP contribution in [0.3, 0.4) is 0 Å². The van der Waals surface area contributed by atoms with Gasteiger partial charge in [0.2, 0.25) is 5.95 Å². The Bertz CT molecular complexity index is 612. The molecule has 2 saturated heterocycles. The molecule has 0 spiro atoms. The van der Waals surface area contributed by atoms with Crippen LogP contribution < -0.4 is 9.80 Å². The molecular formula is C14H20N6O2. The van der Waals surface area contributed by atoms with Gasteiger partial charge in [-0.05, 0) is 13.3 Å². The molecule has 8 heteroatoms. The molecular weight excluding hydrogens is 284 g/mol. The van der Waals surface area contributed by atoms with Gasteiger partial charge in [-0.1, -0.05) is 0 Å². The molecule has 3 aliphatic rings. The van der Waals surface area contributed by atoms with Gasteiger partial charge >= 0.3 is 0 Å². The molecule has 0 saturated carbocycles. The van der Waals surface area contributed by atoms with Crippen molar-refractivity contribution in [3.8, 4) is 0 Å². The first-order valence-electron chi connectivity index (χ1n) is 7.71. The van der Waals surface area contributed by atoms with E-state index in [4.69, 9.17) is 9.72 Å². The number of hydrogen-bond donors (Lipinski definition) is 1. The standard InChI is InChI=1S/C14H20N6O2/c1-14(21)2-3-20(9-14)12-11-10(8-15-18-11)16-13(17-12)19-4-6-22-7-5-19/h21H,2-9H2,1H3/t14-/m0/s1. The molecule has 118 valence electrons. The monoisotopic (exact) mass is 304 g/mol. The summed E-state index contributed by atoms with van der Waals surface area (Å²) in [5.74, 6) is 1.52. The van der Waals surface area contributed by atoms with Crippen molar-refractivity contribution in [1.29, 1.82) is 0 Å². The molecule has 3 aliphatic heterocycles. The van der Waals surface area contributed by atoms with Crippen LogP contribution in [0.5, 0.6) is 0 Å². The molecule has 0 unspecified atom stereocenters. The number of morpholine rings is 1. The Morgan fingerprint density at radius 1 is 1.14 bits per heavy atom. The van der Waals surface area contributed by atoms with E-state index in [1.807, 2.05) is 6.92 Å². The second-order valence-electron chi connectivity index (χ2n) is 6.31. The van der Waals surface area contributed by atoms with Gasteiger partial charge in [-0.3, -0.25) is 0 Å². The van der Waals surface area contributed by atoms with Gasteiger partial charge in [0.05, 0.1) is 24.5 Å². The van der Waals surface area contributed by atoms with Crippen LogP contribution in [0.25, 0.3) is 0 Å². The zero-order valence-electron chi connectivity index (χ0n) is 12.7. The maximum absolute atomic E-state index is 10.2. The molecule has 0 aromatic carbocycles. The average molecular weight is 304 g/mol. The minimum atomic E-state index is -0.674. The number of hydrogen-bond acceptors (Lipinski definition) is 8. The number of azo groups is 1. The normalized spacial score (nSPS) is 27.5. The lowest BCUT2D eigenvalue weighted by Crippen LogP contribution is -2.38. The van der Waals surface area contributed by atoms with Crippen LogP contribution >= 0.6 is 0 Å². The highest BCUT2D eigenvalue weighted by Gasteiger charge is 2.35. The molecule has 8 nitrogen and oxygen atoms in total. The minimum absolute atomic E-state index is 0.506. The Kier molecular flexibility index (Phi) is 3.23. The van der Waals surface area contributed by atoms with Gasteiger partial charge in [0, 0.05) is 26.2 Å². The Morgan fingerprint density at radius 3 is 2.68 bits per heavy atom. The lowest BCUT2D eigenvalue weighted by molar-refractivity contribution is 0.0839. The van der Waals surface area contributed by atoms with Crippen molar-refractivity contribution >= 4 is 17.5 Å². The summed E-state index contributed by atoms with van der Waals surface area (Å²) in [4.78, 5) is 13.6. The van der Waals surface area contributed by atoms with E-state index in [1.165, 1.54) is 0 Å². The smallest absolute Gasteiger partial charge is 0.227 e. The highest BCUT2D eigenvalue weighted by molar-refractivity contribution is 5.68. The first-order chi connectivity index (χ1) is 10.6. The zero-order valence-corrected chi connectivity index (χ0v) is 12.7. The van der Waals surface area contributed by atoms with Gasteiger partial charge in [-0.2, -0.15) is 10.1 Å². The molecule has 0 amide bonds. The molecule has 4 heterocycles. The van der Waals surface area contributed by atoms with Crippen molar-refractivity contribution < 1.29 is 9.84 Å². The minimum Gasteiger partial charge on any atom is -0.388 e. The molecule has 1 aromatic rings. The second kappa shape index (κ2) is 5.13. The van der Waals surface area contributed by atoms with E-state index in [-0.39, 0.29) is 0 Å². The number of ether oxygens (including phenoxy) is 1. The molecule has 1 N–H and O–H groups in total. The molecule has 2 fully saturated rings.